The molecule has 0 bridgehead atoms. The largest absolute Gasteiger partial charge is 0.484 e. The lowest BCUT2D eigenvalue weighted by Gasteiger charge is -2.18. The third-order valence-corrected chi connectivity index (χ3v) is 3.86. The SMILES string of the molecule is CCOC(=O)c1ccc(C(CN)NC(=O)c2ccc(OCC(N)=O)cc2)cc1.Cl. The molecule has 0 aliphatic heterocycles. The average Bonchev–Trinajstić information content (AvgIpc) is 2.71. The van der Waals surface area contributed by atoms with Crippen LogP contribution < -0.4 is 21.5 Å². The molecular formula is C20H24ClN3O5. The van der Waals surface area contributed by atoms with Crippen LogP contribution in [0.2, 0.25) is 0 Å². The smallest absolute Gasteiger partial charge is 0.338 e. The van der Waals surface area contributed by atoms with Crippen LogP contribution in [0.3, 0.4) is 0 Å². The number of carbonyl (C=O) groups is 3. The highest BCUT2D eigenvalue weighted by Gasteiger charge is 2.15. The van der Waals surface area contributed by atoms with Gasteiger partial charge in [-0.3, -0.25) is 9.59 Å². The van der Waals surface area contributed by atoms with Crippen molar-refractivity contribution >= 4 is 30.2 Å². The van der Waals surface area contributed by atoms with Crippen molar-refractivity contribution in [2.24, 2.45) is 11.5 Å². The van der Waals surface area contributed by atoms with Gasteiger partial charge >= 0.3 is 5.97 Å². The summed E-state index contributed by atoms with van der Waals surface area (Å²) < 4.78 is 10.1. The Morgan fingerprint density at radius 2 is 1.59 bits per heavy atom. The van der Waals surface area contributed by atoms with Gasteiger partial charge in [-0.05, 0) is 48.9 Å². The van der Waals surface area contributed by atoms with Gasteiger partial charge in [-0.15, -0.1) is 12.4 Å². The van der Waals surface area contributed by atoms with E-state index >= 15 is 0 Å². The summed E-state index contributed by atoms with van der Waals surface area (Å²) in [4.78, 5) is 34.9. The van der Waals surface area contributed by atoms with Crippen LogP contribution >= 0.6 is 12.4 Å². The highest BCUT2D eigenvalue weighted by Crippen LogP contribution is 2.16. The van der Waals surface area contributed by atoms with E-state index in [1.54, 1.807) is 55.5 Å². The zero-order valence-electron chi connectivity index (χ0n) is 15.9. The molecule has 0 fully saturated rings. The minimum absolute atomic E-state index is 0. The fraction of sp³-hybridized carbons (Fsp3) is 0.250. The molecule has 2 rings (SSSR count). The van der Waals surface area contributed by atoms with Crippen LogP contribution in [-0.2, 0) is 9.53 Å². The van der Waals surface area contributed by atoms with Crippen LogP contribution in [0.15, 0.2) is 48.5 Å². The first kappa shape index (κ1) is 23.9. The number of nitrogens with one attached hydrogen (secondary N) is 1. The first-order valence-corrected chi connectivity index (χ1v) is 8.73. The molecule has 0 radical (unpaired) electrons. The molecule has 0 aliphatic carbocycles. The Kier molecular flexibility index (Phi) is 9.64. The third-order valence-electron chi connectivity index (χ3n) is 3.86. The molecule has 0 saturated heterocycles. The number of primary amides is 1. The normalized spacial score (nSPS) is 11.0. The van der Waals surface area contributed by atoms with E-state index in [-0.39, 0.29) is 31.5 Å². The maximum Gasteiger partial charge on any atom is 0.338 e. The predicted octanol–water partition coefficient (Wildman–Crippen LogP) is 1.58. The van der Waals surface area contributed by atoms with E-state index in [1.165, 1.54) is 0 Å². The van der Waals surface area contributed by atoms with Gasteiger partial charge in [0.2, 0.25) is 0 Å². The van der Waals surface area contributed by atoms with Crippen LogP contribution in [0, 0.1) is 0 Å². The quantitative estimate of drug-likeness (QED) is 0.526. The highest BCUT2D eigenvalue weighted by molar-refractivity contribution is 5.94. The lowest BCUT2D eigenvalue weighted by molar-refractivity contribution is -0.119. The van der Waals surface area contributed by atoms with Crippen molar-refractivity contribution in [1.29, 1.82) is 0 Å². The summed E-state index contributed by atoms with van der Waals surface area (Å²) in [5, 5.41) is 2.85. The standard InChI is InChI=1S/C20H23N3O5.ClH/c1-2-27-20(26)15-5-3-13(4-6-15)17(11-21)23-19(25)14-7-9-16(10-8-14)28-12-18(22)24;/h3-10,17H,2,11-12,21H2,1H3,(H2,22,24)(H,23,25);1H. The van der Waals surface area contributed by atoms with Crippen molar-refractivity contribution in [3.05, 3.63) is 65.2 Å². The minimum Gasteiger partial charge on any atom is -0.484 e. The van der Waals surface area contributed by atoms with E-state index in [2.05, 4.69) is 5.32 Å². The average molecular weight is 422 g/mol. The zero-order chi connectivity index (χ0) is 20.5. The van der Waals surface area contributed by atoms with Crippen LogP contribution in [0.1, 0.15) is 39.2 Å². The molecule has 1 atom stereocenters. The van der Waals surface area contributed by atoms with Gasteiger partial charge in [-0.2, -0.15) is 0 Å². The van der Waals surface area contributed by atoms with E-state index in [1.807, 2.05) is 0 Å². The lowest BCUT2D eigenvalue weighted by atomic mass is 10.0. The Labute approximate surface area is 175 Å². The van der Waals surface area contributed by atoms with Gasteiger partial charge in [0.15, 0.2) is 6.61 Å². The van der Waals surface area contributed by atoms with Gasteiger partial charge < -0.3 is 26.3 Å². The Hall–Kier alpha value is -3.10. The van der Waals surface area contributed by atoms with E-state index in [0.29, 0.717) is 23.5 Å². The summed E-state index contributed by atoms with van der Waals surface area (Å²) in [7, 11) is 0. The van der Waals surface area contributed by atoms with Gasteiger partial charge in [-0.25, -0.2) is 4.79 Å². The maximum atomic E-state index is 12.5. The van der Waals surface area contributed by atoms with Crippen molar-refractivity contribution in [2.75, 3.05) is 19.8 Å². The molecule has 9 heteroatoms. The van der Waals surface area contributed by atoms with Crippen molar-refractivity contribution in [1.82, 2.24) is 5.32 Å². The molecule has 2 aromatic carbocycles. The van der Waals surface area contributed by atoms with Gasteiger partial charge in [0, 0.05) is 12.1 Å². The van der Waals surface area contributed by atoms with Crippen molar-refractivity contribution in [3.63, 3.8) is 0 Å². The molecule has 0 spiro atoms. The number of benzene rings is 2. The van der Waals surface area contributed by atoms with E-state index in [0.717, 1.165) is 5.56 Å². The van der Waals surface area contributed by atoms with E-state index in [4.69, 9.17) is 20.9 Å². The number of hydrogen-bond donors (Lipinski definition) is 3. The van der Waals surface area contributed by atoms with Crippen LogP contribution in [0.25, 0.3) is 0 Å². The molecule has 8 nitrogen and oxygen atoms in total. The molecule has 2 amide bonds. The van der Waals surface area contributed by atoms with E-state index in [9.17, 15) is 14.4 Å². The molecule has 5 N–H and O–H groups in total. The summed E-state index contributed by atoms with van der Waals surface area (Å²) in [6.45, 7) is 1.99. The number of rotatable bonds is 9. The molecule has 29 heavy (non-hydrogen) atoms. The van der Waals surface area contributed by atoms with Crippen LogP contribution in [0.4, 0.5) is 0 Å². The number of amides is 2. The first-order valence-electron chi connectivity index (χ1n) is 8.73. The lowest BCUT2D eigenvalue weighted by Crippen LogP contribution is -2.33. The van der Waals surface area contributed by atoms with Gasteiger partial charge in [-0.1, -0.05) is 12.1 Å². The Morgan fingerprint density at radius 1 is 1.00 bits per heavy atom. The number of esters is 1. The molecular weight excluding hydrogens is 398 g/mol. The number of halogens is 1. The maximum absolute atomic E-state index is 12.5. The van der Waals surface area contributed by atoms with Crippen molar-refractivity contribution in [2.45, 2.75) is 13.0 Å². The molecule has 2 aromatic rings. The highest BCUT2D eigenvalue weighted by atomic mass is 35.5. The minimum atomic E-state index is -0.582. The summed E-state index contributed by atoms with van der Waals surface area (Å²) in [5.74, 6) is -0.866. The first-order chi connectivity index (χ1) is 13.4. The second-order valence-corrected chi connectivity index (χ2v) is 5.88. The van der Waals surface area contributed by atoms with Gasteiger partial charge in [0.05, 0.1) is 18.2 Å². The summed E-state index contributed by atoms with van der Waals surface area (Å²) in [6, 6.07) is 12.6. The molecule has 0 saturated carbocycles. The Morgan fingerprint density at radius 3 is 2.10 bits per heavy atom. The van der Waals surface area contributed by atoms with E-state index < -0.39 is 17.9 Å². The van der Waals surface area contributed by atoms with Crippen LogP contribution in [-0.4, -0.2) is 37.5 Å². The Balaban J connectivity index is 0.00000420. The number of hydrogen-bond acceptors (Lipinski definition) is 6. The molecule has 1 unspecified atom stereocenters. The second kappa shape index (κ2) is 11.7. The molecule has 156 valence electrons. The predicted molar refractivity (Wildman–Crippen MR) is 110 cm³/mol. The van der Waals surface area contributed by atoms with Crippen molar-refractivity contribution < 1.29 is 23.9 Å². The monoisotopic (exact) mass is 421 g/mol. The third kappa shape index (κ3) is 7.10. The van der Waals surface area contributed by atoms with Gasteiger partial charge in [0.1, 0.15) is 5.75 Å². The number of carbonyl (C=O) groups excluding carboxylic acids is 3. The van der Waals surface area contributed by atoms with Crippen molar-refractivity contribution in [3.8, 4) is 5.75 Å². The zero-order valence-corrected chi connectivity index (χ0v) is 16.7. The Bertz CT molecular complexity index is 825. The fourth-order valence-corrected chi connectivity index (χ4v) is 2.44. The summed E-state index contributed by atoms with van der Waals surface area (Å²) in [6.07, 6.45) is 0. The number of nitrogens with two attached hydrogens (primary N) is 2. The summed E-state index contributed by atoms with van der Waals surface area (Å²) >= 11 is 0. The van der Waals surface area contributed by atoms with Crippen LogP contribution in [0.5, 0.6) is 5.75 Å². The fourth-order valence-electron chi connectivity index (χ4n) is 2.44. The summed E-state index contributed by atoms with van der Waals surface area (Å²) in [5.41, 5.74) is 12.4. The molecule has 0 heterocycles. The molecule has 0 aromatic heterocycles. The topological polar surface area (TPSA) is 134 Å². The molecule has 0 aliphatic rings. The second-order valence-electron chi connectivity index (χ2n) is 5.88. The number of ether oxygens (including phenoxy) is 2. The van der Waals surface area contributed by atoms with Gasteiger partial charge in [0.25, 0.3) is 11.8 Å².